The maximum atomic E-state index is 12.5. The van der Waals surface area contributed by atoms with E-state index >= 15 is 0 Å². The molecule has 0 aliphatic carbocycles. The largest absolute Gasteiger partial charge is 0.465 e. The summed E-state index contributed by atoms with van der Waals surface area (Å²) in [6, 6.07) is 13.4. The van der Waals surface area contributed by atoms with E-state index in [4.69, 9.17) is 13.9 Å². The van der Waals surface area contributed by atoms with Crippen LogP contribution in [0.2, 0.25) is 0 Å². The molecule has 128 valence electrons. The summed E-state index contributed by atoms with van der Waals surface area (Å²) >= 11 is 0. The first-order valence-electron chi connectivity index (χ1n) is 7.54. The lowest BCUT2D eigenvalue weighted by molar-refractivity contribution is 0.0600. The molecule has 2 aromatic carbocycles. The van der Waals surface area contributed by atoms with E-state index in [1.807, 2.05) is 18.2 Å². The van der Waals surface area contributed by atoms with Gasteiger partial charge in [-0.25, -0.2) is 9.59 Å². The molecule has 1 aromatic heterocycles. The van der Waals surface area contributed by atoms with Gasteiger partial charge in [0.2, 0.25) is 5.76 Å². The number of ether oxygens (including phenoxy) is 3. The van der Waals surface area contributed by atoms with Gasteiger partial charge in [0, 0.05) is 18.1 Å². The fraction of sp³-hybridized carbons (Fsp3) is 0.158. The van der Waals surface area contributed by atoms with Gasteiger partial charge in [-0.3, -0.25) is 0 Å². The Labute approximate surface area is 143 Å². The Balaban J connectivity index is 1.87. The van der Waals surface area contributed by atoms with Gasteiger partial charge in [-0.1, -0.05) is 18.2 Å². The fourth-order valence-corrected chi connectivity index (χ4v) is 2.48. The molecule has 3 rings (SSSR count). The third-order valence-corrected chi connectivity index (χ3v) is 3.66. The van der Waals surface area contributed by atoms with Crippen LogP contribution in [-0.2, 0) is 16.1 Å². The van der Waals surface area contributed by atoms with Crippen molar-refractivity contribution in [1.29, 1.82) is 0 Å². The Hall–Kier alpha value is -3.12. The van der Waals surface area contributed by atoms with Crippen LogP contribution in [0.15, 0.2) is 52.9 Å². The number of rotatable bonds is 5. The van der Waals surface area contributed by atoms with E-state index in [9.17, 15) is 9.59 Å². The standard InChI is InChI=1S/C19H16O6/c1-22-11-15-14-5-3-4-6-16(14)25-17(15)19(21)24-13-9-7-12(8-10-13)18(20)23-2/h3-10H,11H2,1-2H3. The number of carbonyl (C=O) groups is 2. The van der Waals surface area contributed by atoms with Gasteiger partial charge in [0.1, 0.15) is 11.3 Å². The Bertz CT molecular complexity index is 907. The second kappa shape index (κ2) is 7.19. The van der Waals surface area contributed by atoms with Crippen molar-refractivity contribution in [2.24, 2.45) is 0 Å². The summed E-state index contributed by atoms with van der Waals surface area (Å²) in [4.78, 5) is 23.9. The van der Waals surface area contributed by atoms with Crippen LogP contribution in [0, 0.1) is 0 Å². The molecule has 0 bridgehead atoms. The highest BCUT2D eigenvalue weighted by Crippen LogP contribution is 2.27. The quantitative estimate of drug-likeness (QED) is 0.522. The summed E-state index contributed by atoms with van der Waals surface area (Å²) < 4.78 is 20.8. The van der Waals surface area contributed by atoms with Gasteiger partial charge in [0.05, 0.1) is 19.3 Å². The topological polar surface area (TPSA) is 75.0 Å². The number of carbonyl (C=O) groups excluding carboxylic acids is 2. The van der Waals surface area contributed by atoms with E-state index in [1.54, 1.807) is 13.2 Å². The zero-order valence-electron chi connectivity index (χ0n) is 13.8. The van der Waals surface area contributed by atoms with E-state index in [-0.39, 0.29) is 12.4 Å². The minimum absolute atomic E-state index is 0.0973. The van der Waals surface area contributed by atoms with Gasteiger partial charge in [-0.05, 0) is 30.3 Å². The number of fused-ring (bicyclic) bond motifs is 1. The molecule has 0 fully saturated rings. The molecule has 6 heteroatoms. The number of esters is 2. The molecule has 0 amide bonds. The molecular weight excluding hydrogens is 324 g/mol. The second-order valence-corrected chi connectivity index (χ2v) is 5.24. The monoisotopic (exact) mass is 340 g/mol. The predicted octanol–water partition coefficient (Wildman–Crippen LogP) is 3.59. The Morgan fingerprint density at radius 3 is 2.36 bits per heavy atom. The minimum atomic E-state index is -0.630. The van der Waals surface area contributed by atoms with Crippen molar-refractivity contribution in [2.45, 2.75) is 6.61 Å². The third-order valence-electron chi connectivity index (χ3n) is 3.66. The molecule has 0 spiro atoms. The highest BCUT2D eigenvalue weighted by atomic mass is 16.5. The van der Waals surface area contributed by atoms with E-state index < -0.39 is 11.9 Å². The van der Waals surface area contributed by atoms with Gasteiger partial charge in [-0.2, -0.15) is 0 Å². The molecule has 1 heterocycles. The van der Waals surface area contributed by atoms with E-state index in [0.717, 1.165) is 5.39 Å². The van der Waals surface area contributed by atoms with Crippen LogP contribution in [0.3, 0.4) is 0 Å². The van der Waals surface area contributed by atoms with Crippen molar-refractivity contribution in [2.75, 3.05) is 14.2 Å². The van der Waals surface area contributed by atoms with Crippen molar-refractivity contribution in [3.05, 3.63) is 65.4 Å². The third kappa shape index (κ3) is 3.39. The van der Waals surface area contributed by atoms with E-state index in [1.165, 1.54) is 31.4 Å². The predicted molar refractivity (Wildman–Crippen MR) is 89.7 cm³/mol. The summed E-state index contributed by atoms with van der Waals surface area (Å²) in [5, 5.41) is 0.803. The molecule has 0 saturated carbocycles. The number of para-hydroxylation sites is 1. The molecule has 6 nitrogen and oxygen atoms in total. The summed E-state index contributed by atoms with van der Waals surface area (Å²) in [7, 11) is 2.84. The summed E-state index contributed by atoms with van der Waals surface area (Å²) in [6.07, 6.45) is 0. The highest BCUT2D eigenvalue weighted by Gasteiger charge is 2.22. The first kappa shape index (κ1) is 16.7. The van der Waals surface area contributed by atoms with Crippen molar-refractivity contribution in [3.8, 4) is 5.75 Å². The highest BCUT2D eigenvalue weighted by molar-refractivity contribution is 5.97. The Kier molecular flexibility index (Phi) is 4.81. The van der Waals surface area contributed by atoms with Gasteiger partial charge >= 0.3 is 11.9 Å². The summed E-state index contributed by atoms with van der Waals surface area (Å²) in [6.45, 7) is 0.225. The molecule has 0 saturated heterocycles. The normalized spacial score (nSPS) is 10.6. The van der Waals surface area contributed by atoms with Crippen LogP contribution in [0.4, 0.5) is 0 Å². The molecule has 0 unspecified atom stereocenters. The molecule has 0 aliphatic heterocycles. The zero-order valence-corrected chi connectivity index (χ0v) is 13.8. The number of furan rings is 1. The van der Waals surface area contributed by atoms with Crippen molar-refractivity contribution < 1.29 is 28.2 Å². The van der Waals surface area contributed by atoms with Crippen molar-refractivity contribution in [3.63, 3.8) is 0 Å². The van der Waals surface area contributed by atoms with Gasteiger partial charge < -0.3 is 18.6 Å². The summed E-state index contributed by atoms with van der Waals surface area (Å²) in [5.41, 5.74) is 1.59. The molecule has 3 aromatic rings. The van der Waals surface area contributed by atoms with Crippen LogP contribution in [0.5, 0.6) is 5.75 Å². The van der Waals surface area contributed by atoms with Crippen molar-refractivity contribution in [1.82, 2.24) is 0 Å². The first-order chi connectivity index (χ1) is 12.1. The van der Waals surface area contributed by atoms with Crippen LogP contribution >= 0.6 is 0 Å². The minimum Gasteiger partial charge on any atom is -0.465 e. The first-order valence-corrected chi connectivity index (χ1v) is 7.54. The lowest BCUT2D eigenvalue weighted by Crippen LogP contribution is -2.10. The van der Waals surface area contributed by atoms with Crippen LogP contribution in [0.1, 0.15) is 26.5 Å². The van der Waals surface area contributed by atoms with Gasteiger partial charge in [0.25, 0.3) is 0 Å². The maximum absolute atomic E-state index is 12.5. The van der Waals surface area contributed by atoms with Crippen LogP contribution in [-0.4, -0.2) is 26.2 Å². The van der Waals surface area contributed by atoms with E-state index in [2.05, 4.69) is 4.74 Å². The average Bonchev–Trinajstić information content (AvgIpc) is 3.01. The Morgan fingerprint density at radius 2 is 1.68 bits per heavy atom. The summed E-state index contributed by atoms with van der Waals surface area (Å²) in [5.74, 6) is -0.701. The average molecular weight is 340 g/mol. The molecule has 0 N–H and O–H groups in total. The lowest BCUT2D eigenvalue weighted by atomic mass is 10.1. The van der Waals surface area contributed by atoms with Crippen LogP contribution < -0.4 is 4.74 Å². The Morgan fingerprint density at radius 1 is 0.960 bits per heavy atom. The maximum Gasteiger partial charge on any atom is 0.380 e. The number of benzene rings is 2. The van der Waals surface area contributed by atoms with Crippen molar-refractivity contribution >= 4 is 22.9 Å². The van der Waals surface area contributed by atoms with Crippen LogP contribution in [0.25, 0.3) is 11.0 Å². The molecular formula is C19H16O6. The fourth-order valence-electron chi connectivity index (χ4n) is 2.48. The lowest BCUT2D eigenvalue weighted by Gasteiger charge is -2.05. The molecule has 0 radical (unpaired) electrons. The zero-order chi connectivity index (χ0) is 17.8. The molecule has 25 heavy (non-hydrogen) atoms. The second-order valence-electron chi connectivity index (χ2n) is 5.24. The van der Waals surface area contributed by atoms with Gasteiger partial charge in [0.15, 0.2) is 0 Å². The number of hydrogen-bond acceptors (Lipinski definition) is 6. The number of hydrogen-bond donors (Lipinski definition) is 0. The number of methoxy groups -OCH3 is 2. The van der Waals surface area contributed by atoms with E-state index in [0.29, 0.717) is 22.5 Å². The smallest absolute Gasteiger partial charge is 0.380 e. The SMILES string of the molecule is COCc1c(C(=O)Oc2ccc(C(=O)OC)cc2)oc2ccccc12. The molecule has 0 aliphatic rings. The molecule has 0 atom stereocenters. The van der Waals surface area contributed by atoms with Gasteiger partial charge in [-0.15, -0.1) is 0 Å².